The number of carbonyl (C=O) groups excluding carboxylic acids is 1. The summed E-state index contributed by atoms with van der Waals surface area (Å²) in [7, 11) is 1.62. The molecule has 1 aromatic heterocycles. The molecule has 2 aliphatic heterocycles. The van der Waals surface area contributed by atoms with Crippen LogP contribution in [0.1, 0.15) is 21.5 Å². The molecule has 3 aromatic rings. The van der Waals surface area contributed by atoms with Gasteiger partial charge >= 0.3 is 0 Å². The van der Waals surface area contributed by atoms with E-state index in [-0.39, 0.29) is 30.6 Å². The second kappa shape index (κ2) is 9.75. The van der Waals surface area contributed by atoms with Gasteiger partial charge in [-0.2, -0.15) is 0 Å². The fourth-order valence-electron chi connectivity index (χ4n) is 4.03. The van der Waals surface area contributed by atoms with Crippen LogP contribution in [-0.2, 0) is 6.54 Å². The number of hydrogen-bond acceptors (Lipinski definition) is 5. The van der Waals surface area contributed by atoms with Crippen LogP contribution >= 0.6 is 24.8 Å². The summed E-state index contributed by atoms with van der Waals surface area (Å²) in [6.07, 6.45) is 3.72. The van der Waals surface area contributed by atoms with Crippen molar-refractivity contribution in [3.63, 3.8) is 0 Å². The Morgan fingerprint density at radius 1 is 1.16 bits per heavy atom. The molecule has 2 aromatic carbocycles. The zero-order chi connectivity index (χ0) is 19.8. The van der Waals surface area contributed by atoms with E-state index in [1.54, 1.807) is 13.2 Å². The summed E-state index contributed by atoms with van der Waals surface area (Å²) >= 11 is 0. The topological polar surface area (TPSA) is 66.6 Å². The van der Waals surface area contributed by atoms with E-state index in [1.807, 2.05) is 42.6 Å². The highest BCUT2D eigenvalue weighted by molar-refractivity contribution is 6.15. The van der Waals surface area contributed by atoms with Crippen molar-refractivity contribution in [3.8, 4) is 11.5 Å². The first-order valence-corrected chi connectivity index (χ1v) is 9.87. The van der Waals surface area contributed by atoms with Crippen molar-refractivity contribution in [1.82, 2.24) is 15.2 Å². The molecule has 0 radical (unpaired) electrons. The SMILES string of the molecule is COc1cc(CN2CCNCC2)c2c(c1)C(=O)/C(=C/c1c[nH]c3ccccc13)O2.Cl.Cl. The Hall–Kier alpha value is -2.51. The fourth-order valence-corrected chi connectivity index (χ4v) is 4.03. The molecule has 1 saturated heterocycles. The molecule has 0 atom stereocenters. The van der Waals surface area contributed by atoms with Crippen LogP contribution < -0.4 is 14.8 Å². The van der Waals surface area contributed by atoms with E-state index in [2.05, 4.69) is 15.2 Å². The van der Waals surface area contributed by atoms with E-state index in [0.717, 1.165) is 54.8 Å². The lowest BCUT2D eigenvalue weighted by atomic mass is 10.0. The molecule has 1 fully saturated rings. The summed E-state index contributed by atoms with van der Waals surface area (Å²) in [6.45, 7) is 4.61. The third-order valence-corrected chi connectivity index (χ3v) is 5.57. The van der Waals surface area contributed by atoms with Gasteiger partial charge in [0.2, 0.25) is 5.78 Å². The number of aromatic amines is 1. The molecule has 0 spiro atoms. The number of methoxy groups -OCH3 is 1. The third kappa shape index (κ3) is 4.43. The van der Waals surface area contributed by atoms with Crippen molar-refractivity contribution in [2.24, 2.45) is 0 Å². The number of ketones is 1. The van der Waals surface area contributed by atoms with Crippen LogP contribution in [0, 0.1) is 0 Å². The van der Waals surface area contributed by atoms with Gasteiger partial charge in [0.15, 0.2) is 5.76 Å². The van der Waals surface area contributed by atoms with E-state index in [1.165, 1.54) is 0 Å². The highest BCUT2D eigenvalue weighted by Gasteiger charge is 2.31. The normalized spacial score (nSPS) is 17.1. The van der Waals surface area contributed by atoms with Gasteiger partial charge in [0.25, 0.3) is 0 Å². The molecule has 0 aliphatic carbocycles. The summed E-state index contributed by atoms with van der Waals surface area (Å²) in [4.78, 5) is 18.7. The maximum absolute atomic E-state index is 13.1. The van der Waals surface area contributed by atoms with Crippen molar-refractivity contribution < 1.29 is 14.3 Å². The minimum Gasteiger partial charge on any atom is -0.497 e. The Bertz CT molecular complexity index is 1120. The monoisotopic (exact) mass is 461 g/mol. The van der Waals surface area contributed by atoms with Crippen LogP contribution in [0.3, 0.4) is 0 Å². The van der Waals surface area contributed by atoms with Crippen LogP contribution in [-0.4, -0.2) is 49.0 Å². The lowest BCUT2D eigenvalue weighted by molar-refractivity contribution is 0.101. The number of carbonyl (C=O) groups is 1. The summed E-state index contributed by atoms with van der Waals surface area (Å²) in [5, 5.41) is 4.43. The van der Waals surface area contributed by atoms with E-state index in [0.29, 0.717) is 22.8 Å². The molecule has 6 nitrogen and oxygen atoms in total. The molecule has 2 N–H and O–H groups in total. The third-order valence-electron chi connectivity index (χ3n) is 5.57. The number of halogens is 2. The maximum Gasteiger partial charge on any atom is 0.232 e. The molecule has 0 amide bonds. The quantitative estimate of drug-likeness (QED) is 0.573. The molecule has 8 heteroatoms. The number of allylic oxidation sites excluding steroid dienone is 1. The van der Waals surface area contributed by atoms with Crippen molar-refractivity contribution in [3.05, 3.63) is 65.0 Å². The molecule has 5 rings (SSSR count). The Morgan fingerprint density at radius 2 is 1.94 bits per heavy atom. The van der Waals surface area contributed by atoms with Crippen molar-refractivity contribution in [2.75, 3.05) is 33.3 Å². The number of benzene rings is 2. The van der Waals surface area contributed by atoms with Gasteiger partial charge in [-0.25, -0.2) is 0 Å². The number of H-pyrrole nitrogens is 1. The average Bonchev–Trinajstić information content (AvgIpc) is 3.31. The number of rotatable bonds is 4. The molecule has 0 saturated carbocycles. The molecule has 3 heterocycles. The smallest absolute Gasteiger partial charge is 0.232 e. The number of hydrogen-bond donors (Lipinski definition) is 2. The minimum atomic E-state index is -0.106. The van der Waals surface area contributed by atoms with Gasteiger partial charge in [-0.1, -0.05) is 18.2 Å². The Balaban J connectivity index is 0.00000136. The molecular formula is C23H25Cl2N3O3. The number of nitrogens with one attached hydrogen (secondary N) is 2. The van der Waals surface area contributed by atoms with Crippen LogP contribution in [0.2, 0.25) is 0 Å². The number of Topliss-reactive ketones (excluding diaryl/α,β-unsaturated/α-hetero) is 1. The van der Waals surface area contributed by atoms with E-state index in [4.69, 9.17) is 9.47 Å². The molecule has 2 aliphatic rings. The molecule has 31 heavy (non-hydrogen) atoms. The summed E-state index contributed by atoms with van der Waals surface area (Å²) < 4.78 is 11.6. The first kappa shape index (κ1) is 23.2. The van der Waals surface area contributed by atoms with Crippen LogP contribution in [0.4, 0.5) is 0 Å². The van der Waals surface area contributed by atoms with Gasteiger partial charge in [0.1, 0.15) is 11.5 Å². The zero-order valence-electron chi connectivity index (χ0n) is 17.1. The Morgan fingerprint density at radius 3 is 2.71 bits per heavy atom. The van der Waals surface area contributed by atoms with E-state index in [9.17, 15) is 4.79 Å². The molecular weight excluding hydrogens is 437 g/mol. The maximum atomic E-state index is 13.1. The standard InChI is InChI=1S/C23H23N3O3.2ClH/c1-28-17-10-16(14-26-8-6-24-7-9-26)23-19(12-17)22(27)21(29-23)11-15-13-25-20-5-3-2-4-18(15)20;;/h2-5,10-13,24-25H,6-9,14H2,1H3;2*1H/b21-11-;;. The van der Waals surface area contributed by atoms with Crippen molar-refractivity contribution in [2.45, 2.75) is 6.54 Å². The van der Waals surface area contributed by atoms with Gasteiger partial charge < -0.3 is 19.8 Å². The van der Waals surface area contributed by atoms with Crippen molar-refractivity contribution >= 4 is 47.6 Å². The van der Waals surface area contributed by atoms with Gasteiger partial charge in [0.05, 0.1) is 12.7 Å². The second-order valence-corrected chi connectivity index (χ2v) is 7.42. The van der Waals surface area contributed by atoms with Crippen LogP contribution in [0.5, 0.6) is 11.5 Å². The first-order chi connectivity index (χ1) is 14.2. The number of ether oxygens (including phenoxy) is 2. The predicted octanol–water partition coefficient (Wildman–Crippen LogP) is 4.04. The highest BCUT2D eigenvalue weighted by Crippen LogP contribution is 2.39. The van der Waals surface area contributed by atoms with E-state index >= 15 is 0 Å². The van der Waals surface area contributed by atoms with Gasteiger partial charge in [0, 0.05) is 61.0 Å². The van der Waals surface area contributed by atoms with Gasteiger partial charge in [-0.3, -0.25) is 9.69 Å². The Labute approximate surface area is 193 Å². The lowest BCUT2D eigenvalue weighted by Crippen LogP contribution is -2.42. The molecule has 164 valence electrons. The minimum absolute atomic E-state index is 0. The first-order valence-electron chi connectivity index (χ1n) is 9.87. The second-order valence-electron chi connectivity index (χ2n) is 7.42. The van der Waals surface area contributed by atoms with E-state index < -0.39 is 0 Å². The lowest BCUT2D eigenvalue weighted by Gasteiger charge is -2.27. The summed E-state index contributed by atoms with van der Waals surface area (Å²) in [5.74, 6) is 1.57. The average molecular weight is 462 g/mol. The van der Waals surface area contributed by atoms with Gasteiger partial charge in [-0.15, -0.1) is 24.8 Å². The largest absolute Gasteiger partial charge is 0.497 e. The van der Waals surface area contributed by atoms with Crippen LogP contribution in [0.25, 0.3) is 17.0 Å². The fraction of sp³-hybridized carbons (Fsp3) is 0.261. The summed E-state index contributed by atoms with van der Waals surface area (Å²) in [6, 6.07) is 11.8. The van der Waals surface area contributed by atoms with Crippen molar-refractivity contribution in [1.29, 1.82) is 0 Å². The molecule has 0 bridgehead atoms. The zero-order valence-corrected chi connectivity index (χ0v) is 18.8. The van der Waals surface area contributed by atoms with Gasteiger partial charge in [-0.05, 0) is 24.3 Å². The number of nitrogens with zero attached hydrogens (tertiary/aromatic N) is 1. The number of fused-ring (bicyclic) bond motifs is 2. The predicted molar refractivity (Wildman–Crippen MR) is 127 cm³/mol. The highest BCUT2D eigenvalue weighted by atomic mass is 35.5. The number of para-hydroxylation sites is 1. The molecule has 0 unspecified atom stereocenters. The Kier molecular flexibility index (Phi) is 7.28. The number of piperazine rings is 1. The van der Waals surface area contributed by atoms with Crippen LogP contribution in [0.15, 0.2) is 48.4 Å². The number of aromatic nitrogens is 1. The summed E-state index contributed by atoms with van der Waals surface area (Å²) in [5.41, 5.74) is 3.52.